The van der Waals surface area contributed by atoms with Crippen LogP contribution in [0.3, 0.4) is 0 Å². The fourth-order valence-corrected chi connectivity index (χ4v) is 4.54. The van der Waals surface area contributed by atoms with Gasteiger partial charge in [-0.1, -0.05) is 65.4 Å². The number of carbonyl (C=O) groups is 1. The Hall–Kier alpha value is -3.97. The van der Waals surface area contributed by atoms with E-state index in [1.165, 1.54) is 11.3 Å². The molecule has 1 N–H and O–H groups in total. The maximum atomic E-state index is 13.2. The molecular formula is C26H20N2O4S. The number of aryl methyl sites for hydroxylation is 2. The Morgan fingerprint density at radius 2 is 1.82 bits per heavy atom. The number of rotatable bonds is 5. The number of carbonyl (C=O) groups excluding carboxylic acids is 1. The molecule has 0 radical (unpaired) electrons. The van der Waals surface area contributed by atoms with Gasteiger partial charge in [0.2, 0.25) is 11.2 Å². The van der Waals surface area contributed by atoms with Crippen molar-refractivity contribution in [1.29, 1.82) is 0 Å². The number of aromatic nitrogens is 1. The van der Waals surface area contributed by atoms with E-state index in [4.69, 9.17) is 9.15 Å². The molecule has 0 aliphatic heterocycles. The number of para-hydroxylation sites is 2. The molecule has 0 aliphatic rings. The van der Waals surface area contributed by atoms with Crippen molar-refractivity contribution in [2.45, 2.75) is 13.8 Å². The lowest BCUT2D eigenvalue weighted by molar-refractivity contribution is -0.118. The molecule has 5 rings (SSSR count). The summed E-state index contributed by atoms with van der Waals surface area (Å²) in [4.78, 5) is 30.3. The van der Waals surface area contributed by atoms with E-state index < -0.39 is 5.91 Å². The van der Waals surface area contributed by atoms with Gasteiger partial charge < -0.3 is 9.15 Å². The Bertz CT molecular complexity index is 1550. The van der Waals surface area contributed by atoms with E-state index in [2.05, 4.69) is 10.3 Å². The summed E-state index contributed by atoms with van der Waals surface area (Å²) < 4.78 is 12.8. The zero-order valence-corrected chi connectivity index (χ0v) is 18.9. The minimum Gasteiger partial charge on any atom is -0.476 e. The third-order valence-corrected chi connectivity index (χ3v) is 6.22. The van der Waals surface area contributed by atoms with Gasteiger partial charge in [0.15, 0.2) is 17.5 Å². The molecule has 5 aromatic rings. The third kappa shape index (κ3) is 4.10. The molecule has 0 spiro atoms. The van der Waals surface area contributed by atoms with Crippen LogP contribution in [-0.2, 0) is 4.79 Å². The number of benzene rings is 3. The van der Waals surface area contributed by atoms with Crippen LogP contribution in [0.4, 0.5) is 5.13 Å². The van der Waals surface area contributed by atoms with Gasteiger partial charge >= 0.3 is 0 Å². The molecule has 7 heteroatoms. The van der Waals surface area contributed by atoms with Gasteiger partial charge in [0.05, 0.1) is 15.6 Å². The maximum absolute atomic E-state index is 13.2. The number of ether oxygens (including phenoxy) is 1. The summed E-state index contributed by atoms with van der Waals surface area (Å²) in [6.45, 7) is 3.60. The van der Waals surface area contributed by atoms with Crippen LogP contribution >= 0.6 is 11.3 Å². The quantitative estimate of drug-likeness (QED) is 0.367. The average molecular weight is 457 g/mol. The first-order chi connectivity index (χ1) is 16.0. The van der Waals surface area contributed by atoms with Crippen LogP contribution in [-0.4, -0.2) is 17.5 Å². The molecule has 3 aromatic carbocycles. The van der Waals surface area contributed by atoms with Crippen LogP contribution in [0.5, 0.6) is 5.75 Å². The molecule has 0 saturated heterocycles. The van der Waals surface area contributed by atoms with Crippen molar-refractivity contribution in [1.82, 2.24) is 4.98 Å². The molecule has 0 bridgehead atoms. The Labute approximate surface area is 193 Å². The van der Waals surface area contributed by atoms with Gasteiger partial charge in [-0.2, -0.15) is 0 Å². The number of nitrogens with one attached hydrogen (secondary N) is 1. The number of thiazole rings is 1. The molecule has 6 nitrogen and oxygen atoms in total. The lowest BCUT2D eigenvalue weighted by Crippen LogP contribution is -2.22. The van der Waals surface area contributed by atoms with Gasteiger partial charge in [-0.05, 0) is 37.6 Å². The topological polar surface area (TPSA) is 81.4 Å². The van der Waals surface area contributed by atoms with Crippen molar-refractivity contribution in [2.24, 2.45) is 0 Å². The Balaban J connectivity index is 1.44. The van der Waals surface area contributed by atoms with Crippen LogP contribution in [0.25, 0.3) is 32.5 Å². The van der Waals surface area contributed by atoms with E-state index in [1.54, 1.807) is 24.3 Å². The largest absolute Gasteiger partial charge is 0.476 e. The Morgan fingerprint density at radius 1 is 1.03 bits per heavy atom. The Morgan fingerprint density at radius 3 is 2.61 bits per heavy atom. The highest BCUT2D eigenvalue weighted by Gasteiger charge is 2.19. The van der Waals surface area contributed by atoms with Crippen LogP contribution in [0.2, 0.25) is 0 Å². The predicted octanol–water partition coefficient (Wildman–Crippen LogP) is 5.70. The van der Waals surface area contributed by atoms with Crippen molar-refractivity contribution in [3.05, 3.63) is 88.1 Å². The second-order valence-electron chi connectivity index (χ2n) is 7.73. The van der Waals surface area contributed by atoms with Gasteiger partial charge in [0, 0.05) is 5.56 Å². The van der Waals surface area contributed by atoms with Crippen LogP contribution in [0.15, 0.2) is 75.9 Å². The van der Waals surface area contributed by atoms with Crippen molar-refractivity contribution in [3.8, 4) is 17.1 Å². The molecular weight excluding hydrogens is 436 g/mol. The van der Waals surface area contributed by atoms with Crippen molar-refractivity contribution < 1.29 is 13.9 Å². The zero-order valence-electron chi connectivity index (χ0n) is 18.0. The first-order valence-corrected chi connectivity index (χ1v) is 11.2. The third-order valence-electron chi connectivity index (χ3n) is 5.28. The monoisotopic (exact) mass is 456 g/mol. The number of anilines is 1. The van der Waals surface area contributed by atoms with Gasteiger partial charge in [0.1, 0.15) is 5.58 Å². The minimum atomic E-state index is -0.408. The summed E-state index contributed by atoms with van der Waals surface area (Å²) in [7, 11) is 0. The van der Waals surface area contributed by atoms with Gasteiger partial charge in [0.25, 0.3) is 5.91 Å². The fraction of sp³-hybridized carbons (Fsp3) is 0.115. The molecule has 33 heavy (non-hydrogen) atoms. The highest BCUT2D eigenvalue weighted by molar-refractivity contribution is 7.22. The van der Waals surface area contributed by atoms with Crippen molar-refractivity contribution in [2.75, 3.05) is 11.9 Å². The lowest BCUT2D eigenvalue weighted by atomic mass is 10.1. The lowest BCUT2D eigenvalue weighted by Gasteiger charge is -2.11. The van der Waals surface area contributed by atoms with Gasteiger partial charge in [-0.15, -0.1) is 0 Å². The predicted molar refractivity (Wildman–Crippen MR) is 131 cm³/mol. The van der Waals surface area contributed by atoms with Gasteiger partial charge in [-0.3, -0.25) is 14.9 Å². The van der Waals surface area contributed by atoms with Crippen molar-refractivity contribution in [3.63, 3.8) is 0 Å². The number of hydrogen-bond acceptors (Lipinski definition) is 6. The van der Waals surface area contributed by atoms with E-state index >= 15 is 0 Å². The minimum absolute atomic E-state index is 0.00727. The zero-order chi connectivity index (χ0) is 22.9. The number of fused-ring (bicyclic) bond motifs is 2. The van der Waals surface area contributed by atoms with Crippen LogP contribution in [0, 0.1) is 13.8 Å². The van der Waals surface area contributed by atoms with E-state index in [0.29, 0.717) is 27.4 Å². The van der Waals surface area contributed by atoms with Gasteiger partial charge in [-0.25, -0.2) is 4.98 Å². The normalized spacial score (nSPS) is 11.1. The Kier molecular flexibility index (Phi) is 5.40. The second kappa shape index (κ2) is 8.52. The van der Waals surface area contributed by atoms with Crippen LogP contribution < -0.4 is 15.5 Å². The highest BCUT2D eigenvalue weighted by atomic mass is 32.1. The van der Waals surface area contributed by atoms with E-state index in [-0.39, 0.29) is 17.8 Å². The standard InChI is InChI=1S/C26H20N2O4S/c1-15-10-12-17(13-11-15)24-25(23(30)18-7-3-4-8-19(18)32-24)31-14-21(29)27-26-28-22-16(2)6-5-9-20(22)33-26/h3-13H,14H2,1-2H3,(H,27,28,29). The second-order valence-corrected chi connectivity index (χ2v) is 8.76. The molecule has 2 aromatic heterocycles. The summed E-state index contributed by atoms with van der Waals surface area (Å²) in [5.74, 6) is -0.107. The van der Waals surface area contributed by atoms with E-state index in [9.17, 15) is 9.59 Å². The van der Waals surface area contributed by atoms with E-state index in [1.807, 2.05) is 56.3 Å². The highest BCUT2D eigenvalue weighted by Crippen LogP contribution is 2.31. The first kappa shape index (κ1) is 20.9. The molecule has 0 saturated carbocycles. The first-order valence-electron chi connectivity index (χ1n) is 10.4. The molecule has 2 heterocycles. The number of nitrogens with zero attached hydrogens (tertiary/aromatic N) is 1. The number of amides is 1. The summed E-state index contributed by atoms with van der Waals surface area (Å²) in [6.07, 6.45) is 0. The average Bonchev–Trinajstić information content (AvgIpc) is 3.23. The van der Waals surface area contributed by atoms with E-state index in [0.717, 1.165) is 21.3 Å². The molecule has 0 atom stereocenters. The van der Waals surface area contributed by atoms with Crippen molar-refractivity contribution >= 4 is 43.6 Å². The molecule has 1 amide bonds. The smallest absolute Gasteiger partial charge is 0.264 e. The summed E-state index contributed by atoms with van der Waals surface area (Å²) >= 11 is 1.39. The summed E-state index contributed by atoms with van der Waals surface area (Å²) in [5, 5.41) is 3.64. The SMILES string of the molecule is Cc1ccc(-c2oc3ccccc3c(=O)c2OCC(=O)Nc2nc3c(C)cccc3s2)cc1. The fourth-order valence-electron chi connectivity index (χ4n) is 3.58. The number of hydrogen-bond donors (Lipinski definition) is 1. The molecule has 0 unspecified atom stereocenters. The molecule has 0 aliphatic carbocycles. The summed E-state index contributed by atoms with van der Waals surface area (Å²) in [5.41, 5.74) is 3.80. The summed E-state index contributed by atoms with van der Waals surface area (Å²) in [6, 6.07) is 20.4. The molecule has 164 valence electrons. The molecule has 0 fully saturated rings. The maximum Gasteiger partial charge on any atom is 0.264 e. The van der Waals surface area contributed by atoms with Crippen LogP contribution in [0.1, 0.15) is 11.1 Å².